The molecular weight excluding hydrogens is 1060 g/mol. The van der Waals surface area contributed by atoms with E-state index in [1.807, 2.05) is 65.0 Å². The van der Waals surface area contributed by atoms with Crippen molar-refractivity contribution in [1.82, 2.24) is 10.2 Å². The minimum absolute atomic E-state index is 0.0142. The van der Waals surface area contributed by atoms with Gasteiger partial charge in [-0.3, -0.25) is 14.4 Å². The highest BCUT2D eigenvalue weighted by Crippen LogP contribution is 2.38. The maximum Gasteiger partial charge on any atom is 0.329 e. The van der Waals surface area contributed by atoms with Gasteiger partial charge in [-0.15, -0.1) is 0 Å². The number of rotatable bonds is 20. The van der Waals surface area contributed by atoms with Crippen molar-refractivity contribution < 1.29 is 82.0 Å². The fourth-order valence-corrected chi connectivity index (χ4v) is 11.8. The molecular formula is C62H103N3O17. The Morgan fingerprint density at radius 1 is 0.817 bits per heavy atom. The SMILES string of the molecule is CCOCCOCCOCCNC(=O)CO/N=C1\[C@H](C)C[C@H](C)/C=C/C=C/C=C(\C)[C@@H](OC)C[C@@H]2CC[C@@H](C)[C@@](O)(O2)C(=O)C(=O)N2CCCC[C@H]2C(=O)O[C@H]([C@H](C)C[C@@H]2CC[C@@H](O)[C@H](OC)C2)C[C@@H](OC)[C@H](C)/C=C(\C)[C@@H](O)[C@H]1OC. The van der Waals surface area contributed by atoms with Crippen molar-refractivity contribution >= 4 is 29.3 Å². The standard InChI is InChI=1S/C62H103N3O17/c1-13-77-29-30-79-32-31-78-28-26-63-55(67)39-80-64-56-44(6)33-40(2)19-15-14-16-20-41(3)51(73-9)37-48-24-22-46(8)62(72,82-48)59(69)60(70)65-27-18-17-21-49(65)61(71)81-53(43(5)35-47-23-25-50(66)54(36-47)75-11)38-52(74-10)42(4)34-45(7)57(68)58(56)76-12/h14-16,19-20,34,40,42-44,46-54,57-58,66,68,72H,13,17-18,21-33,35-39H2,1-12H3,(H,63,67)/b16-14+,19-15+,41-20+,45-34+,64-56+/t40-,42-,43-,44-,46-,47+,48+,49+,50-,51+,52-,53+,54-,57-,58+,62-/m1/s1. The van der Waals surface area contributed by atoms with Gasteiger partial charge in [0.05, 0.1) is 69.3 Å². The Morgan fingerprint density at radius 3 is 2.21 bits per heavy atom. The normalized spacial score (nSPS) is 35.8. The molecule has 0 aromatic rings. The highest BCUT2D eigenvalue weighted by Gasteiger charge is 2.53. The van der Waals surface area contributed by atoms with Gasteiger partial charge < -0.3 is 73.0 Å². The molecule has 20 heteroatoms. The van der Waals surface area contributed by atoms with Gasteiger partial charge in [-0.05, 0) is 114 Å². The summed E-state index contributed by atoms with van der Waals surface area (Å²) in [4.78, 5) is 63.5. The van der Waals surface area contributed by atoms with Crippen LogP contribution < -0.4 is 5.32 Å². The van der Waals surface area contributed by atoms with Crippen molar-refractivity contribution in [2.24, 2.45) is 40.7 Å². The number of fused-ring (bicyclic) bond motifs is 3. The van der Waals surface area contributed by atoms with E-state index in [9.17, 15) is 34.5 Å². The molecule has 1 saturated carbocycles. The molecule has 0 aromatic carbocycles. The summed E-state index contributed by atoms with van der Waals surface area (Å²) in [5, 5.41) is 42.2. The van der Waals surface area contributed by atoms with Crippen LogP contribution in [0.25, 0.3) is 0 Å². The predicted octanol–water partition coefficient (Wildman–Crippen LogP) is 6.62. The van der Waals surface area contributed by atoms with Gasteiger partial charge in [0.2, 0.25) is 5.79 Å². The Labute approximate surface area is 489 Å². The molecule has 2 bridgehead atoms. The first kappa shape index (κ1) is 70.6. The van der Waals surface area contributed by atoms with Gasteiger partial charge in [-0.1, -0.05) is 76.2 Å². The van der Waals surface area contributed by atoms with Crippen LogP contribution in [0.5, 0.6) is 0 Å². The summed E-state index contributed by atoms with van der Waals surface area (Å²) in [7, 11) is 6.26. The van der Waals surface area contributed by atoms with Crippen LogP contribution in [0, 0.1) is 35.5 Å². The number of carbonyl (C=O) groups excluding carboxylic acids is 4. The van der Waals surface area contributed by atoms with Gasteiger partial charge in [0.15, 0.2) is 6.61 Å². The molecule has 2 amide bonds. The largest absolute Gasteiger partial charge is 0.460 e. The maximum atomic E-state index is 14.7. The van der Waals surface area contributed by atoms with Crippen molar-refractivity contribution in [3.05, 3.63) is 47.6 Å². The van der Waals surface area contributed by atoms with Crippen LogP contribution in [0.3, 0.4) is 0 Å². The number of oxime groups is 1. The first-order chi connectivity index (χ1) is 39.2. The first-order valence-corrected chi connectivity index (χ1v) is 30.1. The van der Waals surface area contributed by atoms with Crippen LogP contribution in [0.1, 0.15) is 132 Å². The molecule has 468 valence electrons. The predicted molar refractivity (Wildman–Crippen MR) is 310 cm³/mol. The molecule has 16 atom stereocenters. The van der Waals surface area contributed by atoms with E-state index in [1.54, 1.807) is 35.2 Å². The van der Waals surface area contributed by atoms with Crippen LogP contribution >= 0.6 is 0 Å². The second-order valence-corrected chi connectivity index (χ2v) is 23.2. The summed E-state index contributed by atoms with van der Waals surface area (Å²) in [6.07, 6.45) is 12.3. The third kappa shape index (κ3) is 21.9. The van der Waals surface area contributed by atoms with E-state index in [0.29, 0.717) is 102 Å². The van der Waals surface area contributed by atoms with E-state index in [2.05, 4.69) is 23.5 Å². The number of hydrogen-bond acceptors (Lipinski definition) is 18. The summed E-state index contributed by atoms with van der Waals surface area (Å²) < 4.78 is 52.9. The number of nitrogens with one attached hydrogen (secondary N) is 1. The lowest BCUT2D eigenvalue weighted by Crippen LogP contribution is -2.61. The highest BCUT2D eigenvalue weighted by molar-refractivity contribution is 6.39. The van der Waals surface area contributed by atoms with Crippen LogP contribution in [0.4, 0.5) is 0 Å². The van der Waals surface area contributed by atoms with Gasteiger partial charge in [0.1, 0.15) is 24.4 Å². The van der Waals surface area contributed by atoms with Crippen LogP contribution in [0.15, 0.2) is 52.8 Å². The molecule has 0 radical (unpaired) electrons. The number of hydrogen-bond donors (Lipinski definition) is 4. The van der Waals surface area contributed by atoms with E-state index in [-0.39, 0.29) is 74.8 Å². The second-order valence-electron chi connectivity index (χ2n) is 23.2. The number of nitrogens with zero attached hydrogens (tertiary/aromatic N) is 2. The zero-order valence-corrected chi connectivity index (χ0v) is 51.4. The molecule has 3 fully saturated rings. The van der Waals surface area contributed by atoms with Crippen molar-refractivity contribution in [3.8, 4) is 0 Å². The minimum Gasteiger partial charge on any atom is -0.460 e. The number of aliphatic hydroxyl groups is 3. The average molecular weight is 1160 g/mol. The molecule has 4 N–H and O–H groups in total. The molecule has 20 nitrogen and oxygen atoms in total. The number of ketones is 1. The van der Waals surface area contributed by atoms with Crippen molar-refractivity contribution in [1.29, 1.82) is 0 Å². The topological polar surface area (TPSA) is 249 Å². The molecule has 3 heterocycles. The lowest BCUT2D eigenvalue weighted by atomic mass is 9.78. The van der Waals surface area contributed by atoms with E-state index >= 15 is 0 Å². The zero-order chi connectivity index (χ0) is 60.4. The molecule has 2 saturated heterocycles. The smallest absolute Gasteiger partial charge is 0.329 e. The quantitative estimate of drug-likeness (QED) is 0.0329. The molecule has 0 unspecified atom stereocenters. The number of carbonyl (C=O) groups is 4. The van der Waals surface area contributed by atoms with E-state index < -0.39 is 84.0 Å². The van der Waals surface area contributed by atoms with E-state index in [1.165, 1.54) is 12.0 Å². The number of allylic oxidation sites excluding steroid dienone is 5. The van der Waals surface area contributed by atoms with E-state index in [4.69, 9.17) is 47.5 Å². The van der Waals surface area contributed by atoms with Gasteiger partial charge >= 0.3 is 5.97 Å². The first-order valence-electron chi connectivity index (χ1n) is 30.1. The van der Waals surface area contributed by atoms with E-state index in [0.717, 1.165) is 12.0 Å². The number of amides is 2. The monoisotopic (exact) mass is 1160 g/mol. The number of aliphatic hydroxyl groups excluding tert-OH is 2. The summed E-state index contributed by atoms with van der Waals surface area (Å²) in [5.74, 6) is -7.02. The van der Waals surface area contributed by atoms with Crippen molar-refractivity contribution in [2.75, 3.05) is 87.8 Å². The lowest BCUT2D eigenvalue weighted by molar-refractivity contribution is -0.265. The number of cyclic esters (lactones) is 1. The number of esters is 1. The summed E-state index contributed by atoms with van der Waals surface area (Å²) >= 11 is 0. The molecule has 4 rings (SSSR count). The molecule has 3 aliphatic heterocycles. The van der Waals surface area contributed by atoms with Gasteiger partial charge in [0, 0.05) is 78.7 Å². The second kappa shape index (κ2) is 36.8. The Kier molecular flexibility index (Phi) is 31.7. The Hall–Kier alpha value is -3.93. The van der Waals surface area contributed by atoms with Gasteiger partial charge in [0.25, 0.3) is 17.6 Å². The van der Waals surface area contributed by atoms with Crippen LogP contribution in [-0.2, 0) is 66.6 Å². The summed E-state index contributed by atoms with van der Waals surface area (Å²) in [5.41, 5.74) is 1.84. The van der Waals surface area contributed by atoms with Crippen molar-refractivity contribution in [2.45, 2.75) is 193 Å². The molecule has 0 aromatic heterocycles. The van der Waals surface area contributed by atoms with Crippen molar-refractivity contribution in [3.63, 3.8) is 0 Å². The van der Waals surface area contributed by atoms with Crippen LogP contribution in [0.2, 0.25) is 0 Å². The number of ether oxygens (including phenoxy) is 9. The summed E-state index contributed by atoms with van der Waals surface area (Å²) in [6.45, 7) is 18.0. The number of piperidine rings is 1. The Bertz CT molecular complexity index is 2100. The fourth-order valence-electron chi connectivity index (χ4n) is 11.8. The van der Waals surface area contributed by atoms with Gasteiger partial charge in [-0.2, -0.15) is 0 Å². The highest BCUT2D eigenvalue weighted by atomic mass is 16.6. The van der Waals surface area contributed by atoms with Crippen LogP contribution in [-0.4, -0.2) is 198 Å². The molecule has 0 spiro atoms. The fraction of sp³-hybridized carbons (Fsp3) is 0.790. The number of Topliss-reactive ketones (excluding diaryl/α,β-unsaturated/α-hetero) is 1. The Balaban J connectivity index is 1.69. The molecule has 82 heavy (non-hydrogen) atoms. The number of methoxy groups -OCH3 is 4. The third-order valence-electron chi connectivity index (χ3n) is 16.8. The minimum atomic E-state index is -2.43. The Morgan fingerprint density at radius 2 is 1.52 bits per heavy atom. The molecule has 4 aliphatic rings. The van der Waals surface area contributed by atoms with Gasteiger partial charge in [-0.25, -0.2) is 4.79 Å². The average Bonchev–Trinajstić information content (AvgIpc) is 2.97. The molecule has 1 aliphatic carbocycles. The zero-order valence-electron chi connectivity index (χ0n) is 51.4. The summed E-state index contributed by atoms with van der Waals surface area (Å²) in [6, 6.07) is -1.10. The lowest BCUT2D eigenvalue weighted by Gasteiger charge is -2.43. The maximum absolute atomic E-state index is 14.7. The third-order valence-corrected chi connectivity index (χ3v) is 16.8.